The fourth-order valence-corrected chi connectivity index (χ4v) is 1.20. The van der Waals surface area contributed by atoms with E-state index in [4.69, 9.17) is 0 Å². The van der Waals surface area contributed by atoms with Crippen molar-refractivity contribution in [1.82, 2.24) is 4.98 Å². The first kappa shape index (κ1) is 9.99. The number of rotatable bonds is 3. The molecule has 0 aromatic carbocycles. The van der Waals surface area contributed by atoms with Crippen LogP contribution in [-0.2, 0) is 0 Å². The summed E-state index contributed by atoms with van der Waals surface area (Å²) in [6.45, 7) is 4.70. The van der Waals surface area contributed by atoms with E-state index in [-0.39, 0.29) is 0 Å². The van der Waals surface area contributed by atoms with Gasteiger partial charge in [0.05, 0.1) is 6.10 Å². The van der Waals surface area contributed by atoms with Crippen LogP contribution in [0.2, 0.25) is 0 Å². The first-order chi connectivity index (χ1) is 6.16. The quantitative estimate of drug-likeness (QED) is 0.767. The summed E-state index contributed by atoms with van der Waals surface area (Å²) in [4.78, 5) is 6.25. The van der Waals surface area contributed by atoms with Crippen LogP contribution in [0.1, 0.15) is 25.5 Å². The van der Waals surface area contributed by atoms with Crippen molar-refractivity contribution in [3.63, 3.8) is 0 Å². The van der Waals surface area contributed by atoms with Crippen molar-refractivity contribution in [3.8, 4) is 0 Å². The number of aliphatic hydroxyl groups excluding tert-OH is 1. The first-order valence-corrected chi connectivity index (χ1v) is 4.51. The van der Waals surface area contributed by atoms with E-state index >= 15 is 0 Å². The molecule has 0 radical (unpaired) electrons. The molecule has 0 fully saturated rings. The molecule has 72 valence electrons. The third-order valence-corrected chi connectivity index (χ3v) is 2.10. The number of hydrogen-bond acceptors (Lipinski definition) is 3. The maximum absolute atomic E-state index is 9.48. The van der Waals surface area contributed by atoms with Gasteiger partial charge >= 0.3 is 0 Å². The van der Waals surface area contributed by atoms with Gasteiger partial charge in [0.1, 0.15) is 5.82 Å². The van der Waals surface area contributed by atoms with Crippen LogP contribution in [0.3, 0.4) is 0 Å². The predicted molar refractivity (Wildman–Crippen MR) is 53.8 cm³/mol. The Bertz CT molecular complexity index is 273. The maximum Gasteiger partial charge on any atom is 0.134 e. The molecule has 0 aliphatic heterocycles. The van der Waals surface area contributed by atoms with Gasteiger partial charge in [-0.25, -0.2) is 4.98 Å². The first-order valence-electron chi connectivity index (χ1n) is 4.51. The molecule has 1 aromatic rings. The molecule has 1 N–H and O–H groups in total. The van der Waals surface area contributed by atoms with Gasteiger partial charge in [-0.2, -0.15) is 0 Å². The second-order valence-corrected chi connectivity index (χ2v) is 3.11. The van der Waals surface area contributed by atoms with Gasteiger partial charge in [0.2, 0.25) is 0 Å². The van der Waals surface area contributed by atoms with Crippen molar-refractivity contribution in [1.29, 1.82) is 0 Å². The molecule has 0 spiro atoms. The van der Waals surface area contributed by atoms with Gasteiger partial charge in [-0.05, 0) is 19.9 Å². The summed E-state index contributed by atoms with van der Waals surface area (Å²) in [6.07, 6.45) is 1.28. The van der Waals surface area contributed by atoms with E-state index in [9.17, 15) is 5.11 Å². The van der Waals surface area contributed by atoms with Crippen molar-refractivity contribution >= 4 is 5.82 Å². The molecule has 0 aliphatic rings. The fourth-order valence-electron chi connectivity index (χ4n) is 1.20. The number of aromatic nitrogens is 1. The molecule has 0 amide bonds. The Morgan fingerprint density at radius 1 is 1.62 bits per heavy atom. The number of hydrogen-bond donors (Lipinski definition) is 1. The van der Waals surface area contributed by atoms with E-state index in [1.165, 1.54) is 0 Å². The summed E-state index contributed by atoms with van der Waals surface area (Å²) in [5, 5.41) is 9.48. The van der Waals surface area contributed by atoms with Gasteiger partial charge in [0, 0.05) is 25.4 Å². The lowest BCUT2D eigenvalue weighted by Crippen LogP contribution is -2.19. The molecule has 1 aromatic heterocycles. The Morgan fingerprint density at radius 3 is 2.85 bits per heavy atom. The summed E-state index contributed by atoms with van der Waals surface area (Å²) >= 11 is 0. The highest BCUT2D eigenvalue weighted by Crippen LogP contribution is 2.21. The zero-order chi connectivity index (χ0) is 9.84. The minimum Gasteiger partial charge on any atom is -0.389 e. The number of nitrogens with zero attached hydrogens (tertiary/aromatic N) is 2. The zero-order valence-electron chi connectivity index (χ0n) is 8.36. The highest BCUT2D eigenvalue weighted by Gasteiger charge is 2.10. The Hall–Kier alpha value is -1.09. The van der Waals surface area contributed by atoms with E-state index < -0.39 is 6.10 Å². The monoisotopic (exact) mass is 180 g/mol. The van der Waals surface area contributed by atoms with E-state index in [2.05, 4.69) is 11.9 Å². The molecular formula is C10H16N2O. The Balaban J connectivity index is 3.04. The van der Waals surface area contributed by atoms with E-state index in [0.29, 0.717) is 0 Å². The molecule has 0 saturated heterocycles. The summed E-state index contributed by atoms with van der Waals surface area (Å²) in [7, 11) is 1.97. The summed E-state index contributed by atoms with van der Waals surface area (Å²) in [6, 6.07) is 3.74. The third kappa shape index (κ3) is 2.18. The van der Waals surface area contributed by atoms with Crippen LogP contribution in [0.15, 0.2) is 18.3 Å². The van der Waals surface area contributed by atoms with Crippen LogP contribution < -0.4 is 4.90 Å². The molecule has 0 saturated carbocycles. The van der Waals surface area contributed by atoms with E-state index in [1.807, 2.05) is 24.1 Å². The largest absolute Gasteiger partial charge is 0.389 e. The van der Waals surface area contributed by atoms with Crippen LogP contribution in [-0.4, -0.2) is 23.7 Å². The van der Waals surface area contributed by atoms with Crippen molar-refractivity contribution in [2.24, 2.45) is 0 Å². The average Bonchev–Trinajstić information content (AvgIpc) is 2.16. The van der Waals surface area contributed by atoms with Crippen LogP contribution in [0, 0.1) is 0 Å². The average molecular weight is 180 g/mol. The molecule has 0 bridgehead atoms. The van der Waals surface area contributed by atoms with Gasteiger partial charge in [0.15, 0.2) is 0 Å². The van der Waals surface area contributed by atoms with Crippen LogP contribution in [0.25, 0.3) is 0 Å². The summed E-state index contributed by atoms with van der Waals surface area (Å²) < 4.78 is 0. The minimum absolute atomic E-state index is 0.460. The molecule has 3 nitrogen and oxygen atoms in total. The third-order valence-electron chi connectivity index (χ3n) is 2.10. The van der Waals surface area contributed by atoms with Gasteiger partial charge in [0.25, 0.3) is 0 Å². The molecule has 13 heavy (non-hydrogen) atoms. The fraction of sp³-hybridized carbons (Fsp3) is 0.500. The molecular weight excluding hydrogens is 164 g/mol. The van der Waals surface area contributed by atoms with Crippen molar-refractivity contribution in [3.05, 3.63) is 23.9 Å². The van der Waals surface area contributed by atoms with Crippen molar-refractivity contribution in [2.45, 2.75) is 20.0 Å². The summed E-state index contributed by atoms with van der Waals surface area (Å²) in [5.74, 6) is 0.861. The maximum atomic E-state index is 9.48. The van der Waals surface area contributed by atoms with Crippen LogP contribution in [0.5, 0.6) is 0 Å². The minimum atomic E-state index is -0.460. The standard InChI is InChI=1S/C10H16N2O/c1-4-12(3)10-9(8(2)13)6-5-7-11-10/h5-8,13H,4H2,1-3H3. The molecule has 1 heterocycles. The Labute approximate surface area is 79.0 Å². The SMILES string of the molecule is CCN(C)c1ncccc1C(C)O. The topological polar surface area (TPSA) is 36.4 Å². The van der Waals surface area contributed by atoms with Crippen molar-refractivity contribution in [2.75, 3.05) is 18.5 Å². The second-order valence-electron chi connectivity index (χ2n) is 3.11. The number of aliphatic hydroxyl groups is 1. The van der Waals surface area contributed by atoms with Gasteiger partial charge in [-0.3, -0.25) is 0 Å². The smallest absolute Gasteiger partial charge is 0.134 e. The molecule has 1 atom stereocenters. The number of pyridine rings is 1. The summed E-state index contributed by atoms with van der Waals surface area (Å²) in [5.41, 5.74) is 0.881. The normalized spacial score (nSPS) is 12.6. The Morgan fingerprint density at radius 2 is 2.31 bits per heavy atom. The highest BCUT2D eigenvalue weighted by molar-refractivity contribution is 5.46. The number of anilines is 1. The van der Waals surface area contributed by atoms with Gasteiger partial charge in [-0.15, -0.1) is 0 Å². The lowest BCUT2D eigenvalue weighted by atomic mass is 10.1. The predicted octanol–water partition coefficient (Wildman–Crippen LogP) is 1.59. The Kier molecular flexibility index (Phi) is 3.25. The lowest BCUT2D eigenvalue weighted by molar-refractivity contribution is 0.199. The van der Waals surface area contributed by atoms with Crippen LogP contribution >= 0.6 is 0 Å². The van der Waals surface area contributed by atoms with Gasteiger partial charge < -0.3 is 10.0 Å². The molecule has 1 unspecified atom stereocenters. The second kappa shape index (κ2) is 4.23. The molecule has 0 aliphatic carbocycles. The van der Waals surface area contributed by atoms with E-state index in [1.54, 1.807) is 13.1 Å². The molecule has 3 heteroatoms. The zero-order valence-corrected chi connectivity index (χ0v) is 8.36. The van der Waals surface area contributed by atoms with Crippen LogP contribution in [0.4, 0.5) is 5.82 Å². The molecule has 1 rings (SSSR count). The van der Waals surface area contributed by atoms with Crippen molar-refractivity contribution < 1.29 is 5.11 Å². The lowest BCUT2D eigenvalue weighted by Gasteiger charge is -2.20. The highest BCUT2D eigenvalue weighted by atomic mass is 16.3. The van der Waals surface area contributed by atoms with E-state index in [0.717, 1.165) is 17.9 Å². The van der Waals surface area contributed by atoms with Gasteiger partial charge in [-0.1, -0.05) is 6.07 Å².